The minimum absolute atomic E-state index is 0. The van der Waals surface area contributed by atoms with E-state index in [-0.39, 0.29) is 154 Å². The summed E-state index contributed by atoms with van der Waals surface area (Å²) in [6, 6.07) is 0. The fourth-order valence-electron chi connectivity index (χ4n) is 0. The molecule has 0 N–H and O–H groups in total. The molecule has 0 aromatic carbocycles. The molecule has 0 aromatic rings. The molecule has 0 saturated heterocycles. The molecule has 0 unspecified atom stereocenters. The SMILES string of the molecule is [I][Hg-3]([I])([I])[I].[K+].[K+].[K+]. The molecular weight excluding hydrogens is 825 g/mol. The quantitative estimate of drug-likeness (QED) is 0.169. The van der Waals surface area contributed by atoms with E-state index >= 15 is 0 Å². The standard InChI is InChI=1S/Hg.4HI.3K/h;4*1H;;;/q+1;;;;;3*+1/p-4. The van der Waals surface area contributed by atoms with E-state index in [2.05, 4.69) is 70.7 Å². The number of hydrogen-bond donors (Lipinski definition) is 0. The van der Waals surface area contributed by atoms with E-state index < -0.39 is 4.17 Å². The third-order valence-corrected chi connectivity index (χ3v) is 0. The molecule has 8 heteroatoms. The second-order valence-electron chi connectivity index (χ2n) is 0.606. The first-order valence-corrected chi connectivity index (χ1v) is 62.9. The topological polar surface area (TPSA) is 0 Å². The van der Waals surface area contributed by atoms with Crippen LogP contribution in [0.4, 0.5) is 0 Å². The largest absolute Gasteiger partial charge is 1.00 e. The summed E-state index contributed by atoms with van der Waals surface area (Å²) in [5.41, 5.74) is 0. The maximum Gasteiger partial charge on any atom is 1.00 e. The van der Waals surface area contributed by atoms with Crippen LogP contribution in [0.3, 0.4) is 0 Å². The molecule has 0 aliphatic rings. The normalized spacial score (nSPS) is 7.50. The van der Waals surface area contributed by atoms with Crippen molar-refractivity contribution in [2.75, 3.05) is 0 Å². The summed E-state index contributed by atoms with van der Waals surface area (Å²) in [6.07, 6.45) is 0. The van der Waals surface area contributed by atoms with Gasteiger partial charge >= 0.3 is 229 Å². The Hall–Kier alpha value is 8.76. The van der Waals surface area contributed by atoms with Crippen molar-refractivity contribution in [1.82, 2.24) is 0 Å². The summed E-state index contributed by atoms with van der Waals surface area (Å²) in [5, 5.41) is 0. The van der Waals surface area contributed by atoms with E-state index in [0.717, 1.165) is 0 Å². The van der Waals surface area contributed by atoms with Crippen molar-refractivity contribution < 1.29 is 158 Å². The Balaban J connectivity index is -0.0000000267. The molecule has 33 valence electrons. The van der Waals surface area contributed by atoms with Gasteiger partial charge in [-0.2, -0.15) is 0 Å². The van der Waals surface area contributed by atoms with Crippen molar-refractivity contribution in [2.24, 2.45) is 0 Å². The van der Waals surface area contributed by atoms with E-state index in [1.165, 1.54) is 0 Å². The minimum Gasteiger partial charge on any atom is 1.00 e. The molecule has 0 bridgehead atoms. The molecule has 0 fully saturated rings. The van der Waals surface area contributed by atoms with Crippen LogP contribution in [0.15, 0.2) is 0 Å². The van der Waals surface area contributed by atoms with E-state index in [4.69, 9.17) is 0 Å². The maximum atomic E-state index is 2.57. The van der Waals surface area contributed by atoms with Crippen molar-refractivity contribution in [3.05, 3.63) is 0 Å². The number of rotatable bonds is 0. The second-order valence-corrected chi connectivity index (χ2v) is 239. The second kappa shape index (κ2) is 15.8. The molecule has 0 rings (SSSR count). The van der Waals surface area contributed by atoms with Gasteiger partial charge in [-0.05, 0) is 0 Å². The molecule has 0 spiro atoms. The van der Waals surface area contributed by atoms with Gasteiger partial charge in [0.15, 0.2) is 0 Å². The van der Waals surface area contributed by atoms with E-state index in [1.54, 1.807) is 0 Å². The predicted octanol–water partition coefficient (Wildman–Crippen LogP) is -5.45. The molecule has 0 amide bonds. The van der Waals surface area contributed by atoms with Crippen LogP contribution in [0, 0.1) is 0 Å². The molecule has 0 aromatic heterocycles. The van der Waals surface area contributed by atoms with Crippen LogP contribution in [0.25, 0.3) is 0 Å². The Labute approximate surface area is 219 Å². The Bertz CT molecular complexity index is 26.8. The summed E-state index contributed by atoms with van der Waals surface area (Å²) < 4.78 is -1.51. The Morgan fingerprint density at radius 3 is 0.625 bits per heavy atom. The Kier molecular flexibility index (Phi) is 50.4. The molecule has 0 nitrogen and oxygen atoms in total. The van der Waals surface area contributed by atoms with Gasteiger partial charge in [-0.1, -0.05) is 0 Å². The monoisotopic (exact) mass is 826 g/mol. The molecule has 0 atom stereocenters. The third-order valence-electron chi connectivity index (χ3n) is 0. The molecular formula is HgI4K3. The summed E-state index contributed by atoms with van der Waals surface area (Å²) in [7, 11) is 0. The van der Waals surface area contributed by atoms with Gasteiger partial charge in [-0.25, -0.2) is 0 Å². The average Bonchev–Trinajstić information content (AvgIpc) is 0.722. The third kappa shape index (κ3) is 36.4. The molecule has 8 heavy (non-hydrogen) atoms. The van der Waals surface area contributed by atoms with E-state index in [1.807, 2.05) is 0 Å². The van der Waals surface area contributed by atoms with Crippen LogP contribution in [0.2, 0.25) is 0 Å². The van der Waals surface area contributed by atoms with Gasteiger partial charge in [0.05, 0.1) is 0 Å². The van der Waals surface area contributed by atoms with Crippen molar-refractivity contribution in [3.63, 3.8) is 0 Å². The first-order valence-electron chi connectivity index (χ1n) is 1.07. The summed E-state index contributed by atoms with van der Waals surface area (Å²) in [6.45, 7) is 0. The van der Waals surface area contributed by atoms with Crippen LogP contribution in [0.1, 0.15) is 0 Å². The fraction of sp³-hybridized carbons (Fsp3) is 0. The summed E-state index contributed by atoms with van der Waals surface area (Å²) in [5.74, 6) is 0. The number of halogens is 4. The van der Waals surface area contributed by atoms with Crippen LogP contribution in [0.5, 0.6) is 0 Å². The zero-order chi connectivity index (χ0) is 4.50. The zero-order valence-corrected chi connectivity index (χ0v) is 28.7. The zero-order valence-electron chi connectivity index (χ0n) is 5.22. The van der Waals surface area contributed by atoms with Crippen molar-refractivity contribution >= 4 is 70.7 Å². The molecule has 0 radical (unpaired) electrons. The smallest absolute Gasteiger partial charge is 1.00 e. The minimum atomic E-state index is -1.51. The molecule has 0 saturated carbocycles. The van der Waals surface area contributed by atoms with Gasteiger partial charge in [0, 0.05) is 0 Å². The Morgan fingerprint density at radius 1 is 0.625 bits per heavy atom. The van der Waals surface area contributed by atoms with Gasteiger partial charge in [0.1, 0.15) is 0 Å². The Morgan fingerprint density at radius 2 is 0.625 bits per heavy atom. The molecule has 0 heterocycles. The predicted molar refractivity (Wildman–Crippen MR) is 56.1 cm³/mol. The van der Waals surface area contributed by atoms with E-state index in [9.17, 15) is 0 Å². The van der Waals surface area contributed by atoms with Gasteiger partial charge in [-0.3, -0.25) is 0 Å². The first-order chi connectivity index (χ1) is 2.00. The van der Waals surface area contributed by atoms with E-state index in [0.29, 0.717) is 0 Å². The maximum absolute atomic E-state index is 2.57. The van der Waals surface area contributed by atoms with Crippen molar-refractivity contribution in [3.8, 4) is 0 Å². The molecule has 0 aliphatic heterocycles. The van der Waals surface area contributed by atoms with Crippen LogP contribution in [-0.2, 0) is 4.17 Å². The number of hydrogen-bond acceptors (Lipinski definition) is 0. The molecule has 0 aliphatic carbocycles. The van der Waals surface area contributed by atoms with Crippen LogP contribution < -0.4 is 154 Å². The fourth-order valence-corrected chi connectivity index (χ4v) is 0. The van der Waals surface area contributed by atoms with Crippen LogP contribution >= 0.6 is 70.7 Å². The van der Waals surface area contributed by atoms with Crippen LogP contribution in [-0.4, -0.2) is 0 Å². The van der Waals surface area contributed by atoms with Gasteiger partial charge in [0.25, 0.3) is 0 Å². The van der Waals surface area contributed by atoms with Crippen molar-refractivity contribution in [2.45, 2.75) is 0 Å². The van der Waals surface area contributed by atoms with Gasteiger partial charge in [-0.15, -0.1) is 0 Å². The summed E-state index contributed by atoms with van der Waals surface area (Å²) in [4.78, 5) is 0. The summed E-state index contributed by atoms with van der Waals surface area (Å²) >= 11 is 10.3. The first kappa shape index (κ1) is 25.6. The van der Waals surface area contributed by atoms with Gasteiger partial charge in [0.2, 0.25) is 0 Å². The van der Waals surface area contributed by atoms with Gasteiger partial charge < -0.3 is 0 Å². The average molecular weight is 825 g/mol. The van der Waals surface area contributed by atoms with Crippen molar-refractivity contribution in [1.29, 1.82) is 0 Å².